The predicted octanol–water partition coefficient (Wildman–Crippen LogP) is 3.10. The Morgan fingerprint density at radius 2 is 1.95 bits per heavy atom. The molecule has 1 rings (SSSR count). The first-order valence-corrected chi connectivity index (χ1v) is 7.19. The molecule has 0 bridgehead atoms. The minimum atomic E-state index is -0.419. The summed E-state index contributed by atoms with van der Waals surface area (Å²) in [5.41, 5.74) is 6.84. The van der Waals surface area contributed by atoms with E-state index < -0.39 is 6.04 Å². The zero-order valence-electron chi connectivity index (χ0n) is 13.6. The average molecular weight is 332 g/mol. The maximum Gasteiger partial charge on any atom is 0.307 e. The summed E-state index contributed by atoms with van der Waals surface area (Å²) < 4.78 is 15.9. The van der Waals surface area contributed by atoms with Gasteiger partial charge in [0.1, 0.15) is 0 Å². The zero-order chi connectivity index (χ0) is 15.8. The summed E-state index contributed by atoms with van der Waals surface area (Å²) in [6.45, 7) is 6.90. The molecule has 5 nitrogen and oxygen atoms in total. The minimum absolute atomic E-state index is 0. The number of carbonyl (C=O) groups excluding carboxylic acids is 1. The first-order valence-electron chi connectivity index (χ1n) is 7.19. The molecule has 0 aromatic heterocycles. The number of ether oxygens (including phenoxy) is 3. The van der Waals surface area contributed by atoms with Crippen LogP contribution in [0, 0.1) is 5.92 Å². The molecule has 1 atom stereocenters. The highest BCUT2D eigenvalue weighted by atomic mass is 35.5. The maximum absolute atomic E-state index is 11.5. The van der Waals surface area contributed by atoms with Crippen molar-refractivity contribution in [1.82, 2.24) is 0 Å². The molecule has 1 aromatic carbocycles. The molecule has 0 fully saturated rings. The van der Waals surface area contributed by atoms with Crippen LogP contribution in [0.3, 0.4) is 0 Å². The van der Waals surface area contributed by atoms with Crippen molar-refractivity contribution in [1.29, 1.82) is 0 Å². The topological polar surface area (TPSA) is 70.8 Å². The van der Waals surface area contributed by atoms with Gasteiger partial charge in [-0.15, -0.1) is 12.4 Å². The van der Waals surface area contributed by atoms with Crippen molar-refractivity contribution in [2.75, 3.05) is 20.3 Å². The Morgan fingerprint density at radius 3 is 2.50 bits per heavy atom. The van der Waals surface area contributed by atoms with Crippen LogP contribution < -0.4 is 15.2 Å². The monoisotopic (exact) mass is 331 g/mol. The lowest BCUT2D eigenvalue weighted by atomic mass is 10.0. The van der Waals surface area contributed by atoms with E-state index in [4.69, 9.17) is 19.9 Å². The van der Waals surface area contributed by atoms with Crippen molar-refractivity contribution in [3.05, 3.63) is 23.8 Å². The summed E-state index contributed by atoms with van der Waals surface area (Å²) in [6.07, 6.45) is 0.142. The van der Waals surface area contributed by atoms with E-state index in [9.17, 15) is 4.79 Å². The van der Waals surface area contributed by atoms with E-state index >= 15 is 0 Å². The van der Waals surface area contributed by atoms with Crippen LogP contribution in [-0.4, -0.2) is 26.3 Å². The van der Waals surface area contributed by atoms with Gasteiger partial charge in [0.25, 0.3) is 0 Å². The number of carbonyl (C=O) groups is 1. The van der Waals surface area contributed by atoms with Crippen LogP contribution in [-0.2, 0) is 9.53 Å². The summed E-state index contributed by atoms with van der Waals surface area (Å²) in [6, 6.07) is 5.06. The van der Waals surface area contributed by atoms with Crippen LogP contribution in [0.5, 0.6) is 11.5 Å². The molecule has 0 aliphatic rings. The Kier molecular flexibility index (Phi) is 9.61. The number of benzene rings is 1. The van der Waals surface area contributed by atoms with Crippen molar-refractivity contribution >= 4 is 18.4 Å². The molecular formula is C16H26ClNO4. The van der Waals surface area contributed by atoms with Crippen LogP contribution in [0.1, 0.15) is 38.8 Å². The standard InChI is InChI=1S/C16H25NO4.ClH/c1-5-20-16(18)9-13(17)12-6-7-14(15(8-12)19-4)21-10-11(2)3;/h6-8,11,13H,5,9-10,17H2,1-4H3;1H. The third-order valence-corrected chi connectivity index (χ3v) is 2.88. The SMILES string of the molecule is CCOC(=O)CC(N)c1ccc(OCC(C)C)c(OC)c1.Cl. The van der Waals surface area contributed by atoms with Gasteiger partial charge in [0.2, 0.25) is 0 Å². The van der Waals surface area contributed by atoms with E-state index in [2.05, 4.69) is 13.8 Å². The number of nitrogens with two attached hydrogens (primary N) is 1. The summed E-state index contributed by atoms with van der Waals surface area (Å²) in [5, 5.41) is 0. The van der Waals surface area contributed by atoms with Crippen LogP contribution in [0.4, 0.5) is 0 Å². The largest absolute Gasteiger partial charge is 0.493 e. The number of hydrogen-bond donors (Lipinski definition) is 1. The number of halogens is 1. The smallest absolute Gasteiger partial charge is 0.307 e. The Morgan fingerprint density at radius 1 is 1.27 bits per heavy atom. The molecule has 126 valence electrons. The predicted molar refractivity (Wildman–Crippen MR) is 88.8 cm³/mol. The third-order valence-electron chi connectivity index (χ3n) is 2.88. The lowest BCUT2D eigenvalue weighted by Crippen LogP contribution is -2.17. The second-order valence-corrected chi connectivity index (χ2v) is 5.23. The summed E-state index contributed by atoms with van der Waals surface area (Å²) in [5.74, 6) is 1.43. The molecule has 1 aromatic rings. The van der Waals surface area contributed by atoms with Gasteiger partial charge in [-0.3, -0.25) is 4.79 Å². The Bertz CT molecular complexity index is 465. The molecule has 22 heavy (non-hydrogen) atoms. The van der Waals surface area contributed by atoms with Gasteiger partial charge >= 0.3 is 5.97 Å². The van der Waals surface area contributed by atoms with Crippen LogP contribution in [0.15, 0.2) is 18.2 Å². The van der Waals surface area contributed by atoms with Gasteiger partial charge in [-0.1, -0.05) is 19.9 Å². The zero-order valence-corrected chi connectivity index (χ0v) is 14.4. The van der Waals surface area contributed by atoms with Crippen molar-refractivity contribution in [3.8, 4) is 11.5 Å². The lowest BCUT2D eigenvalue weighted by molar-refractivity contribution is -0.143. The molecule has 0 heterocycles. The van der Waals surface area contributed by atoms with E-state index in [0.29, 0.717) is 30.6 Å². The van der Waals surface area contributed by atoms with Crippen LogP contribution in [0.2, 0.25) is 0 Å². The molecule has 0 saturated carbocycles. The molecule has 0 radical (unpaired) electrons. The van der Waals surface area contributed by atoms with Gasteiger partial charge in [-0.05, 0) is 30.5 Å². The number of methoxy groups -OCH3 is 1. The van der Waals surface area contributed by atoms with Gasteiger partial charge < -0.3 is 19.9 Å². The molecule has 0 aliphatic carbocycles. The lowest BCUT2D eigenvalue weighted by Gasteiger charge is -2.16. The highest BCUT2D eigenvalue weighted by molar-refractivity contribution is 5.85. The van der Waals surface area contributed by atoms with Gasteiger partial charge in [0.15, 0.2) is 11.5 Å². The fourth-order valence-electron chi connectivity index (χ4n) is 1.81. The van der Waals surface area contributed by atoms with E-state index in [-0.39, 0.29) is 24.8 Å². The molecule has 6 heteroatoms. The van der Waals surface area contributed by atoms with Crippen LogP contribution in [0.25, 0.3) is 0 Å². The Labute approximate surface area is 138 Å². The first-order chi connectivity index (χ1) is 9.97. The van der Waals surface area contributed by atoms with Gasteiger partial charge in [-0.25, -0.2) is 0 Å². The highest BCUT2D eigenvalue weighted by Crippen LogP contribution is 2.31. The first kappa shape index (κ1) is 20.5. The molecule has 1 unspecified atom stereocenters. The second-order valence-electron chi connectivity index (χ2n) is 5.23. The minimum Gasteiger partial charge on any atom is -0.493 e. The average Bonchev–Trinajstić information content (AvgIpc) is 2.44. The number of rotatable bonds is 8. The number of hydrogen-bond acceptors (Lipinski definition) is 5. The quantitative estimate of drug-likeness (QED) is 0.741. The van der Waals surface area contributed by atoms with Gasteiger partial charge in [0.05, 0.1) is 26.7 Å². The highest BCUT2D eigenvalue weighted by Gasteiger charge is 2.15. The third kappa shape index (κ3) is 6.54. The number of esters is 1. The van der Waals surface area contributed by atoms with Gasteiger partial charge in [-0.2, -0.15) is 0 Å². The van der Waals surface area contributed by atoms with Gasteiger partial charge in [0, 0.05) is 6.04 Å². The fraction of sp³-hybridized carbons (Fsp3) is 0.562. The fourth-order valence-corrected chi connectivity index (χ4v) is 1.81. The van der Waals surface area contributed by atoms with Crippen molar-refractivity contribution in [3.63, 3.8) is 0 Å². The summed E-state index contributed by atoms with van der Waals surface area (Å²) in [4.78, 5) is 11.5. The normalized spacial score (nSPS) is 11.5. The van der Waals surface area contributed by atoms with Crippen molar-refractivity contribution < 1.29 is 19.0 Å². The van der Waals surface area contributed by atoms with E-state index in [1.807, 2.05) is 12.1 Å². The van der Waals surface area contributed by atoms with Crippen LogP contribution >= 0.6 is 12.4 Å². The second kappa shape index (κ2) is 10.3. The summed E-state index contributed by atoms with van der Waals surface area (Å²) in [7, 11) is 1.58. The summed E-state index contributed by atoms with van der Waals surface area (Å²) >= 11 is 0. The Balaban J connectivity index is 0.00000441. The molecule has 0 spiro atoms. The van der Waals surface area contributed by atoms with E-state index in [1.54, 1.807) is 20.1 Å². The van der Waals surface area contributed by atoms with Crippen molar-refractivity contribution in [2.24, 2.45) is 11.7 Å². The molecule has 2 N–H and O–H groups in total. The Hall–Kier alpha value is -1.46. The van der Waals surface area contributed by atoms with E-state index in [0.717, 1.165) is 5.56 Å². The van der Waals surface area contributed by atoms with E-state index in [1.165, 1.54) is 0 Å². The molecule has 0 saturated heterocycles. The molecular weight excluding hydrogens is 306 g/mol. The molecule has 0 amide bonds. The van der Waals surface area contributed by atoms with Crippen molar-refractivity contribution in [2.45, 2.75) is 33.2 Å². The maximum atomic E-state index is 11.5. The molecule has 0 aliphatic heterocycles.